The zero-order valence-corrected chi connectivity index (χ0v) is 6.19. The molecule has 0 saturated carbocycles. The summed E-state index contributed by atoms with van der Waals surface area (Å²) in [5, 5.41) is 1.83. The molecule has 0 N–H and O–H groups in total. The molecule has 0 aliphatic rings. The second-order valence-corrected chi connectivity index (χ2v) is 2.56. The Hall–Kier alpha value is -0.830. The smallest absolute Gasteiger partial charge is 0.348 e. The number of rotatable bonds is 2. The molecule has 10 heavy (non-hydrogen) atoms. The molecule has 0 unspecified atom stereocenters. The predicted molar refractivity (Wildman–Crippen MR) is 40.0 cm³/mol. The van der Waals surface area contributed by atoms with Gasteiger partial charge < -0.3 is 4.74 Å². The van der Waals surface area contributed by atoms with Gasteiger partial charge in [0.25, 0.3) is 0 Å². The maximum Gasteiger partial charge on any atom is 0.348 e. The monoisotopic (exact) mass is 155 g/mol. The van der Waals surface area contributed by atoms with Crippen LogP contribution in [-0.4, -0.2) is 12.6 Å². The van der Waals surface area contributed by atoms with Crippen LogP contribution in [0.2, 0.25) is 0 Å². The first-order valence-corrected chi connectivity index (χ1v) is 3.72. The van der Waals surface area contributed by atoms with E-state index < -0.39 is 0 Å². The first-order valence-electron chi connectivity index (χ1n) is 2.84. The van der Waals surface area contributed by atoms with Gasteiger partial charge in [-0.25, -0.2) is 4.79 Å². The number of esters is 1. The van der Waals surface area contributed by atoms with Crippen LogP contribution in [-0.2, 0) is 4.74 Å². The molecule has 0 saturated heterocycles. The van der Waals surface area contributed by atoms with Gasteiger partial charge in [0.1, 0.15) is 4.88 Å². The summed E-state index contributed by atoms with van der Waals surface area (Å²) < 4.78 is 4.65. The van der Waals surface area contributed by atoms with Crippen LogP contribution < -0.4 is 0 Å². The van der Waals surface area contributed by atoms with Gasteiger partial charge in [-0.15, -0.1) is 11.3 Å². The molecule has 0 bridgehead atoms. The molecule has 0 amide bonds. The quantitative estimate of drug-likeness (QED) is 0.608. The minimum absolute atomic E-state index is 0.191. The Bertz CT molecular complexity index is 203. The SMILES string of the molecule is [CH2]COC(=O)c1cccs1. The van der Waals surface area contributed by atoms with Crippen molar-refractivity contribution in [3.05, 3.63) is 29.3 Å². The lowest BCUT2D eigenvalue weighted by molar-refractivity contribution is 0.0553. The highest BCUT2D eigenvalue weighted by Gasteiger charge is 2.04. The first kappa shape index (κ1) is 7.28. The van der Waals surface area contributed by atoms with Crippen LogP contribution in [0.15, 0.2) is 17.5 Å². The fraction of sp³-hybridized carbons (Fsp3) is 0.143. The molecule has 1 rings (SSSR count). The standard InChI is InChI=1S/C7H7O2S/c1-2-9-7(8)6-4-3-5-10-6/h3-5H,1-2H2. The molecule has 0 aromatic carbocycles. The van der Waals surface area contributed by atoms with E-state index >= 15 is 0 Å². The third-order valence-electron chi connectivity index (χ3n) is 0.956. The zero-order valence-electron chi connectivity index (χ0n) is 5.37. The molecule has 0 aliphatic carbocycles. The second kappa shape index (κ2) is 3.37. The largest absolute Gasteiger partial charge is 0.462 e. The van der Waals surface area contributed by atoms with Crippen molar-refractivity contribution in [1.82, 2.24) is 0 Å². The molecule has 0 fully saturated rings. The van der Waals surface area contributed by atoms with E-state index in [-0.39, 0.29) is 12.6 Å². The van der Waals surface area contributed by atoms with Gasteiger partial charge in [-0.2, -0.15) is 0 Å². The van der Waals surface area contributed by atoms with E-state index in [2.05, 4.69) is 11.7 Å². The van der Waals surface area contributed by atoms with Gasteiger partial charge in [-0.05, 0) is 18.4 Å². The number of thiophene rings is 1. The third-order valence-corrected chi connectivity index (χ3v) is 1.81. The van der Waals surface area contributed by atoms with Crippen molar-refractivity contribution in [2.24, 2.45) is 0 Å². The average molecular weight is 155 g/mol. The fourth-order valence-electron chi connectivity index (χ4n) is 0.559. The van der Waals surface area contributed by atoms with Crippen LogP contribution in [0, 0.1) is 6.92 Å². The van der Waals surface area contributed by atoms with Gasteiger partial charge in [-0.1, -0.05) is 6.07 Å². The highest BCUT2D eigenvalue weighted by molar-refractivity contribution is 7.11. The van der Waals surface area contributed by atoms with E-state index in [4.69, 9.17) is 0 Å². The summed E-state index contributed by atoms with van der Waals surface area (Å²) in [5.74, 6) is -0.287. The lowest BCUT2D eigenvalue weighted by Crippen LogP contribution is -2.01. The van der Waals surface area contributed by atoms with E-state index in [0.29, 0.717) is 4.88 Å². The Labute approximate surface area is 63.4 Å². The van der Waals surface area contributed by atoms with Crippen molar-refractivity contribution >= 4 is 17.3 Å². The molecule has 1 heterocycles. The van der Waals surface area contributed by atoms with Crippen molar-refractivity contribution in [3.8, 4) is 0 Å². The molecule has 1 aromatic rings. The van der Waals surface area contributed by atoms with Gasteiger partial charge in [0, 0.05) is 0 Å². The Morgan fingerprint density at radius 3 is 3.10 bits per heavy atom. The number of carbonyl (C=O) groups excluding carboxylic acids is 1. The summed E-state index contributed by atoms with van der Waals surface area (Å²) in [5.41, 5.74) is 0. The summed E-state index contributed by atoms with van der Waals surface area (Å²) in [4.78, 5) is 11.5. The maximum absolute atomic E-state index is 10.9. The molecule has 53 valence electrons. The number of ether oxygens (including phenoxy) is 1. The maximum atomic E-state index is 10.9. The molecular weight excluding hydrogens is 148 g/mol. The van der Waals surface area contributed by atoms with Crippen LogP contribution in [0.4, 0.5) is 0 Å². The molecule has 3 heteroatoms. The number of hydrogen-bond donors (Lipinski definition) is 0. The topological polar surface area (TPSA) is 26.3 Å². The van der Waals surface area contributed by atoms with E-state index in [1.165, 1.54) is 11.3 Å². The molecular formula is C7H7O2S. The minimum atomic E-state index is -0.287. The van der Waals surface area contributed by atoms with Gasteiger partial charge in [0.2, 0.25) is 0 Å². The summed E-state index contributed by atoms with van der Waals surface area (Å²) in [6.07, 6.45) is 0. The van der Waals surface area contributed by atoms with Crippen LogP contribution in [0.5, 0.6) is 0 Å². The van der Waals surface area contributed by atoms with E-state index in [0.717, 1.165) is 0 Å². The lowest BCUT2D eigenvalue weighted by Gasteiger charge is -1.95. The summed E-state index contributed by atoms with van der Waals surface area (Å²) in [6, 6.07) is 3.53. The second-order valence-electron chi connectivity index (χ2n) is 1.61. The molecule has 0 atom stereocenters. The van der Waals surface area contributed by atoms with Crippen molar-refractivity contribution in [2.45, 2.75) is 0 Å². The normalized spacial score (nSPS) is 9.30. The van der Waals surface area contributed by atoms with Gasteiger partial charge >= 0.3 is 5.97 Å². The Balaban J connectivity index is 2.59. The van der Waals surface area contributed by atoms with E-state index in [9.17, 15) is 4.79 Å². The summed E-state index contributed by atoms with van der Waals surface area (Å²) >= 11 is 1.37. The molecule has 0 aliphatic heterocycles. The van der Waals surface area contributed by atoms with Crippen LogP contribution in [0.25, 0.3) is 0 Å². The van der Waals surface area contributed by atoms with Crippen LogP contribution in [0.1, 0.15) is 9.67 Å². The van der Waals surface area contributed by atoms with Crippen molar-refractivity contribution in [2.75, 3.05) is 6.61 Å². The van der Waals surface area contributed by atoms with Gasteiger partial charge in [-0.3, -0.25) is 0 Å². The van der Waals surface area contributed by atoms with Gasteiger partial charge in [0.05, 0.1) is 6.61 Å². The zero-order chi connectivity index (χ0) is 7.40. The highest BCUT2D eigenvalue weighted by atomic mass is 32.1. The Kier molecular flexibility index (Phi) is 2.45. The lowest BCUT2D eigenvalue weighted by atomic mass is 10.5. The average Bonchev–Trinajstić information content (AvgIpc) is 2.38. The molecule has 1 radical (unpaired) electrons. The highest BCUT2D eigenvalue weighted by Crippen LogP contribution is 2.09. The van der Waals surface area contributed by atoms with E-state index in [1.54, 1.807) is 6.07 Å². The van der Waals surface area contributed by atoms with Crippen molar-refractivity contribution in [1.29, 1.82) is 0 Å². The molecule has 2 nitrogen and oxygen atoms in total. The van der Waals surface area contributed by atoms with Crippen LogP contribution >= 0.6 is 11.3 Å². The molecule has 1 aromatic heterocycles. The van der Waals surface area contributed by atoms with Crippen molar-refractivity contribution in [3.63, 3.8) is 0 Å². The fourth-order valence-corrected chi connectivity index (χ4v) is 1.17. The summed E-state index contributed by atoms with van der Waals surface area (Å²) in [7, 11) is 0. The molecule has 0 spiro atoms. The predicted octanol–water partition coefficient (Wildman–Crippen LogP) is 1.74. The van der Waals surface area contributed by atoms with Gasteiger partial charge in [0.15, 0.2) is 0 Å². The van der Waals surface area contributed by atoms with E-state index in [1.807, 2.05) is 11.4 Å². The minimum Gasteiger partial charge on any atom is -0.462 e. The Morgan fingerprint density at radius 1 is 1.80 bits per heavy atom. The summed E-state index contributed by atoms with van der Waals surface area (Å²) in [6.45, 7) is 3.59. The first-order chi connectivity index (χ1) is 4.84. The number of carbonyl (C=O) groups is 1. The van der Waals surface area contributed by atoms with Crippen molar-refractivity contribution < 1.29 is 9.53 Å². The van der Waals surface area contributed by atoms with Crippen LogP contribution in [0.3, 0.4) is 0 Å². The Morgan fingerprint density at radius 2 is 2.60 bits per heavy atom. The third kappa shape index (κ3) is 1.57. The number of hydrogen-bond acceptors (Lipinski definition) is 3.